The van der Waals surface area contributed by atoms with Gasteiger partial charge in [-0.2, -0.15) is 0 Å². The summed E-state index contributed by atoms with van der Waals surface area (Å²) < 4.78 is 14.0. The second kappa shape index (κ2) is 15.4. The molecule has 8 aliphatic carbocycles. The standard InChI is InChI=1S/C31H56O3Si2.C19H28O3/c1-28(2,3)35(8,9)33-23-16-19-31(21-32)22(20-23)12-13-24-25-14-15-27(30(25,7)18-17-26(24)31)34-36(10,11)29(4,5)6;1-18-8-7-16-14(15(18)4-5-17(18)22)3-2-12-10-13(21)6-9-19(12,16)11-20/h12,21,23-27H,13-20H2,1-11H3;2,11,13-17,21-22H,3-10H2,1H3/t23-,24?,25?,26?,27-,30-,31+;13-,14?,15?,16?,17-,18-,19+/m00/s1. The number of hydrogen-bond donors (Lipinski definition) is 2. The average Bonchev–Trinajstić information content (AvgIpc) is 3.64. The van der Waals surface area contributed by atoms with Crippen molar-refractivity contribution in [2.45, 2.75) is 219 Å². The molecule has 0 aromatic rings. The minimum atomic E-state index is -1.81. The Morgan fingerprint density at radius 3 is 1.64 bits per heavy atom. The summed E-state index contributed by atoms with van der Waals surface area (Å²) in [6.07, 6.45) is 24.0. The highest BCUT2D eigenvalue weighted by Gasteiger charge is 2.62. The lowest BCUT2D eigenvalue weighted by molar-refractivity contribution is -0.128. The Morgan fingerprint density at radius 1 is 0.603 bits per heavy atom. The Labute approximate surface area is 355 Å². The van der Waals surface area contributed by atoms with E-state index in [1.807, 2.05) is 0 Å². The van der Waals surface area contributed by atoms with Gasteiger partial charge >= 0.3 is 0 Å². The predicted molar refractivity (Wildman–Crippen MR) is 240 cm³/mol. The number of carbonyl (C=O) groups is 2. The molecule has 0 radical (unpaired) electrons. The zero-order valence-electron chi connectivity index (χ0n) is 38.9. The second-order valence-corrected chi connectivity index (χ2v) is 34.3. The zero-order chi connectivity index (χ0) is 42.5. The van der Waals surface area contributed by atoms with Gasteiger partial charge in [-0.25, -0.2) is 0 Å². The molecule has 0 saturated heterocycles. The van der Waals surface area contributed by atoms with E-state index in [2.05, 4.69) is 93.7 Å². The summed E-state index contributed by atoms with van der Waals surface area (Å²) in [7, 11) is -3.62. The van der Waals surface area contributed by atoms with Crippen LogP contribution in [0.5, 0.6) is 0 Å². The van der Waals surface area contributed by atoms with E-state index in [0.29, 0.717) is 48.0 Å². The summed E-state index contributed by atoms with van der Waals surface area (Å²) in [6, 6.07) is 0. The van der Waals surface area contributed by atoms with E-state index >= 15 is 0 Å². The van der Waals surface area contributed by atoms with E-state index in [1.165, 1.54) is 49.4 Å². The lowest BCUT2D eigenvalue weighted by Crippen LogP contribution is -2.55. The summed E-state index contributed by atoms with van der Waals surface area (Å²) in [5.74, 6) is 3.35. The third-order valence-corrected chi connectivity index (χ3v) is 29.2. The molecule has 8 rings (SSSR count). The minimum Gasteiger partial charge on any atom is -0.414 e. The van der Waals surface area contributed by atoms with Crippen molar-refractivity contribution in [2.75, 3.05) is 0 Å². The molecule has 14 atom stereocenters. The first-order chi connectivity index (χ1) is 26.9. The molecule has 6 unspecified atom stereocenters. The topological polar surface area (TPSA) is 93.1 Å². The number of carbonyl (C=O) groups excluding carboxylic acids is 2. The van der Waals surface area contributed by atoms with Crippen LogP contribution < -0.4 is 0 Å². The quantitative estimate of drug-likeness (QED) is 0.157. The van der Waals surface area contributed by atoms with Gasteiger partial charge in [0.2, 0.25) is 0 Å². The van der Waals surface area contributed by atoms with Crippen LogP contribution in [0.25, 0.3) is 0 Å². The highest BCUT2D eigenvalue weighted by molar-refractivity contribution is 6.74. The Morgan fingerprint density at radius 2 is 1.09 bits per heavy atom. The van der Waals surface area contributed by atoms with Crippen molar-refractivity contribution < 1.29 is 28.7 Å². The third-order valence-electron chi connectivity index (χ3n) is 20.1. The fourth-order valence-corrected chi connectivity index (χ4v) is 17.3. The first-order valence-electron chi connectivity index (χ1n) is 23.9. The van der Waals surface area contributed by atoms with E-state index in [-0.39, 0.29) is 50.0 Å². The number of allylic oxidation sites excluding steroid dienone is 2. The van der Waals surface area contributed by atoms with Crippen molar-refractivity contribution in [3.8, 4) is 0 Å². The Bertz CT molecular complexity index is 1620. The van der Waals surface area contributed by atoms with E-state index in [1.54, 1.807) is 0 Å². The molecule has 2 N–H and O–H groups in total. The fraction of sp³-hybridized carbons (Fsp3) is 0.880. The van der Waals surface area contributed by atoms with Crippen LogP contribution in [0.3, 0.4) is 0 Å². The van der Waals surface area contributed by atoms with Crippen molar-refractivity contribution >= 4 is 29.2 Å². The van der Waals surface area contributed by atoms with Crippen LogP contribution in [0.15, 0.2) is 23.3 Å². The first-order valence-corrected chi connectivity index (χ1v) is 29.7. The van der Waals surface area contributed by atoms with Gasteiger partial charge in [0.15, 0.2) is 16.6 Å². The van der Waals surface area contributed by atoms with Crippen LogP contribution in [-0.4, -0.2) is 63.8 Å². The molecule has 0 amide bonds. The monoisotopic (exact) mass is 837 g/mol. The minimum absolute atomic E-state index is 0.0603. The molecule has 0 aliphatic heterocycles. The second-order valence-electron chi connectivity index (χ2n) is 24.8. The summed E-state index contributed by atoms with van der Waals surface area (Å²) >= 11 is 0. The molecule has 6 nitrogen and oxygen atoms in total. The van der Waals surface area contributed by atoms with Crippen LogP contribution in [0, 0.1) is 57.2 Å². The number of rotatable bonds is 6. The fourth-order valence-electron chi connectivity index (χ4n) is 14.5. The molecule has 328 valence electrons. The van der Waals surface area contributed by atoms with Gasteiger partial charge in [0.1, 0.15) is 12.6 Å². The van der Waals surface area contributed by atoms with Crippen LogP contribution in [0.1, 0.15) is 158 Å². The van der Waals surface area contributed by atoms with Gasteiger partial charge in [0, 0.05) is 6.10 Å². The van der Waals surface area contributed by atoms with E-state index in [4.69, 9.17) is 8.85 Å². The average molecular weight is 837 g/mol. The molecule has 0 aromatic heterocycles. The maximum atomic E-state index is 13.0. The van der Waals surface area contributed by atoms with Gasteiger partial charge in [-0.1, -0.05) is 78.7 Å². The van der Waals surface area contributed by atoms with Crippen molar-refractivity contribution in [3.05, 3.63) is 23.3 Å². The van der Waals surface area contributed by atoms with Crippen LogP contribution in [0.2, 0.25) is 36.3 Å². The smallest absolute Gasteiger partial charge is 0.192 e. The maximum Gasteiger partial charge on any atom is 0.192 e. The predicted octanol–water partition coefficient (Wildman–Crippen LogP) is 11.8. The molecule has 0 aromatic carbocycles. The Kier molecular flexibility index (Phi) is 12.0. The van der Waals surface area contributed by atoms with Crippen LogP contribution in [-0.2, 0) is 18.4 Å². The van der Waals surface area contributed by atoms with E-state index in [9.17, 15) is 19.8 Å². The molecule has 8 heteroatoms. The van der Waals surface area contributed by atoms with Gasteiger partial charge in [0.05, 0.1) is 29.1 Å². The summed E-state index contributed by atoms with van der Waals surface area (Å²) in [4.78, 5) is 25.1. The molecular formula is C50H84O6Si2. The molecule has 0 bridgehead atoms. The lowest BCUT2D eigenvalue weighted by atomic mass is 9.48. The summed E-state index contributed by atoms with van der Waals surface area (Å²) in [5.41, 5.74) is 2.40. The van der Waals surface area contributed by atoms with Gasteiger partial charge in [-0.05, 0) is 185 Å². The van der Waals surface area contributed by atoms with Crippen LogP contribution >= 0.6 is 0 Å². The largest absolute Gasteiger partial charge is 0.414 e. The molecule has 6 saturated carbocycles. The number of aldehydes is 2. The zero-order valence-corrected chi connectivity index (χ0v) is 40.9. The van der Waals surface area contributed by atoms with Gasteiger partial charge in [-0.3, -0.25) is 0 Å². The molecule has 58 heavy (non-hydrogen) atoms. The first kappa shape index (κ1) is 45.1. The SMILES string of the molecule is CC(C)(C)[Si](C)(C)O[C@H]1CC[C@@]2(C=O)C(=CCC3C2CC[C@@]2(C)C3CC[C@@H]2O[Si](C)(C)C(C)(C)C)C1.C[C@]12CCC3C(CC=C4C[C@@H](O)CC[C@@]43C=O)C1CC[C@@H]2O. The molecule has 0 spiro atoms. The normalized spacial score (nSPS) is 45.1. The molecule has 8 aliphatic rings. The highest BCUT2D eigenvalue weighted by Crippen LogP contribution is 2.67. The number of fused-ring (bicyclic) bond motifs is 10. The van der Waals surface area contributed by atoms with Crippen molar-refractivity contribution in [2.24, 2.45) is 57.2 Å². The summed E-state index contributed by atoms with van der Waals surface area (Å²) in [6.45, 7) is 28.4. The third kappa shape index (κ3) is 7.25. The van der Waals surface area contributed by atoms with E-state index < -0.39 is 16.6 Å². The highest BCUT2D eigenvalue weighted by atomic mass is 28.4. The van der Waals surface area contributed by atoms with Gasteiger partial charge in [-0.15, -0.1) is 0 Å². The summed E-state index contributed by atoms with van der Waals surface area (Å²) in [5, 5.41) is 20.9. The van der Waals surface area contributed by atoms with Crippen molar-refractivity contribution in [1.82, 2.24) is 0 Å². The van der Waals surface area contributed by atoms with E-state index in [0.717, 1.165) is 70.6 Å². The number of hydrogen-bond acceptors (Lipinski definition) is 6. The maximum absolute atomic E-state index is 13.0. The van der Waals surface area contributed by atoms with Gasteiger partial charge < -0.3 is 28.7 Å². The van der Waals surface area contributed by atoms with Crippen LogP contribution in [0.4, 0.5) is 0 Å². The molecule has 6 fully saturated rings. The Hall–Kier alpha value is -0.906. The lowest BCUT2D eigenvalue weighted by Gasteiger charge is -2.58. The molecular weight excluding hydrogens is 753 g/mol. The number of aliphatic hydroxyl groups is 2. The van der Waals surface area contributed by atoms with Crippen molar-refractivity contribution in [3.63, 3.8) is 0 Å². The Balaban J connectivity index is 0.000000197. The van der Waals surface area contributed by atoms with Gasteiger partial charge in [0.25, 0.3) is 0 Å². The number of aliphatic hydroxyl groups excluding tert-OH is 2. The van der Waals surface area contributed by atoms with Crippen molar-refractivity contribution in [1.29, 1.82) is 0 Å². The molecule has 0 heterocycles.